The number of rotatable bonds is 1. The number of ketones is 1. The highest BCUT2D eigenvalue weighted by atomic mass is 16.1. The lowest BCUT2D eigenvalue weighted by atomic mass is 9.93. The molecule has 1 heterocycles. The molecule has 3 fully saturated rings. The average Bonchev–Trinajstić information content (AvgIpc) is 2.75. The minimum Gasteiger partial charge on any atom is -0.300 e. The van der Waals surface area contributed by atoms with Crippen molar-refractivity contribution in [2.75, 3.05) is 13.1 Å². The molecule has 3 unspecified atom stereocenters. The summed E-state index contributed by atoms with van der Waals surface area (Å²) < 4.78 is 0. The number of Topliss-reactive ketones (excluding diaryl/α,β-unsaturated/α-hetero) is 1. The second kappa shape index (κ2) is 2.81. The maximum atomic E-state index is 11.4. The van der Waals surface area contributed by atoms with E-state index in [1.54, 1.807) is 0 Å². The fraction of sp³-hybridized carbons (Fsp3) is 0.909. The molecule has 0 aromatic carbocycles. The molecule has 2 heteroatoms. The SMILES string of the molecule is O=C1CC2CC1CC2N1CCCC1. The summed E-state index contributed by atoms with van der Waals surface area (Å²) in [6, 6.07) is 0.783. The van der Waals surface area contributed by atoms with Crippen molar-refractivity contribution in [1.29, 1.82) is 0 Å². The molecule has 0 amide bonds. The molecule has 3 aliphatic rings. The van der Waals surface area contributed by atoms with Crippen LogP contribution in [-0.2, 0) is 4.79 Å². The molecule has 2 aliphatic carbocycles. The zero-order chi connectivity index (χ0) is 8.84. The van der Waals surface area contributed by atoms with Gasteiger partial charge in [-0.3, -0.25) is 4.79 Å². The molecular weight excluding hydrogens is 162 g/mol. The number of likely N-dealkylation sites (tertiary alicyclic amines) is 1. The van der Waals surface area contributed by atoms with Gasteiger partial charge in [0, 0.05) is 18.4 Å². The molecular formula is C11H17NO. The molecule has 0 N–H and O–H groups in total. The van der Waals surface area contributed by atoms with E-state index >= 15 is 0 Å². The van der Waals surface area contributed by atoms with Crippen LogP contribution in [-0.4, -0.2) is 29.8 Å². The molecule has 2 nitrogen and oxygen atoms in total. The minimum atomic E-state index is 0.454. The summed E-state index contributed by atoms with van der Waals surface area (Å²) in [5.41, 5.74) is 0. The van der Waals surface area contributed by atoms with Crippen molar-refractivity contribution in [1.82, 2.24) is 4.90 Å². The minimum absolute atomic E-state index is 0.454. The van der Waals surface area contributed by atoms with E-state index in [0.29, 0.717) is 11.7 Å². The van der Waals surface area contributed by atoms with Crippen molar-refractivity contribution in [3.63, 3.8) is 0 Å². The summed E-state index contributed by atoms with van der Waals surface area (Å²) in [4.78, 5) is 14.0. The maximum absolute atomic E-state index is 11.4. The van der Waals surface area contributed by atoms with E-state index in [1.165, 1.54) is 38.8 Å². The van der Waals surface area contributed by atoms with E-state index in [1.807, 2.05) is 0 Å². The molecule has 0 spiro atoms. The van der Waals surface area contributed by atoms with Crippen LogP contribution in [0.1, 0.15) is 32.1 Å². The quantitative estimate of drug-likeness (QED) is 0.607. The predicted molar refractivity (Wildman–Crippen MR) is 50.4 cm³/mol. The highest BCUT2D eigenvalue weighted by molar-refractivity contribution is 5.84. The predicted octanol–water partition coefficient (Wildman–Crippen LogP) is 1.45. The Morgan fingerprint density at radius 2 is 1.92 bits per heavy atom. The van der Waals surface area contributed by atoms with Crippen molar-refractivity contribution < 1.29 is 4.79 Å². The van der Waals surface area contributed by atoms with Gasteiger partial charge in [0.05, 0.1) is 0 Å². The van der Waals surface area contributed by atoms with Gasteiger partial charge in [0.15, 0.2) is 0 Å². The number of hydrogen-bond donors (Lipinski definition) is 0. The Kier molecular flexibility index (Phi) is 1.72. The highest BCUT2D eigenvalue weighted by Crippen LogP contribution is 2.45. The van der Waals surface area contributed by atoms with Gasteiger partial charge in [0.1, 0.15) is 5.78 Å². The molecule has 1 aliphatic heterocycles. The van der Waals surface area contributed by atoms with Gasteiger partial charge in [0.2, 0.25) is 0 Å². The van der Waals surface area contributed by atoms with Crippen molar-refractivity contribution in [3.05, 3.63) is 0 Å². The van der Waals surface area contributed by atoms with E-state index in [0.717, 1.165) is 18.4 Å². The molecule has 13 heavy (non-hydrogen) atoms. The van der Waals surface area contributed by atoms with Gasteiger partial charge in [-0.1, -0.05) is 0 Å². The Balaban J connectivity index is 1.71. The highest BCUT2D eigenvalue weighted by Gasteiger charge is 2.47. The van der Waals surface area contributed by atoms with Crippen molar-refractivity contribution in [2.45, 2.75) is 38.1 Å². The standard InChI is InChI=1S/C11H17NO/c13-11-7-8-5-9(11)6-10(8)12-3-1-2-4-12/h8-10H,1-7H2. The van der Waals surface area contributed by atoms with Crippen molar-refractivity contribution in [2.24, 2.45) is 11.8 Å². The van der Waals surface area contributed by atoms with Crippen LogP contribution in [0.15, 0.2) is 0 Å². The maximum Gasteiger partial charge on any atom is 0.136 e. The Bertz CT molecular complexity index is 232. The monoisotopic (exact) mass is 179 g/mol. The largest absolute Gasteiger partial charge is 0.300 e. The topological polar surface area (TPSA) is 20.3 Å². The third kappa shape index (κ3) is 1.15. The lowest BCUT2D eigenvalue weighted by Crippen LogP contribution is -2.38. The van der Waals surface area contributed by atoms with Crippen LogP contribution >= 0.6 is 0 Å². The van der Waals surface area contributed by atoms with Gasteiger partial charge in [-0.25, -0.2) is 0 Å². The van der Waals surface area contributed by atoms with Gasteiger partial charge in [-0.2, -0.15) is 0 Å². The van der Waals surface area contributed by atoms with Crippen molar-refractivity contribution >= 4 is 5.78 Å². The lowest BCUT2D eigenvalue weighted by molar-refractivity contribution is -0.122. The molecule has 2 saturated carbocycles. The fourth-order valence-electron chi connectivity index (χ4n) is 3.53. The number of nitrogens with zero attached hydrogens (tertiary/aromatic N) is 1. The van der Waals surface area contributed by atoms with Crippen LogP contribution in [0.25, 0.3) is 0 Å². The Hall–Kier alpha value is -0.370. The van der Waals surface area contributed by atoms with Crippen LogP contribution in [0.3, 0.4) is 0 Å². The normalized spacial score (nSPS) is 44.9. The molecule has 0 aromatic rings. The average molecular weight is 179 g/mol. The van der Waals surface area contributed by atoms with Gasteiger partial charge in [0.25, 0.3) is 0 Å². The molecule has 3 atom stereocenters. The van der Waals surface area contributed by atoms with E-state index in [2.05, 4.69) is 4.90 Å². The number of carbonyl (C=O) groups is 1. The van der Waals surface area contributed by atoms with E-state index in [9.17, 15) is 4.79 Å². The van der Waals surface area contributed by atoms with E-state index in [-0.39, 0.29) is 0 Å². The smallest absolute Gasteiger partial charge is 0.136 e. The zero-order valence-electron chi connectivity index (χ0n) is 8.04. The first-order valence-corrected chi connectivity index (χ1v) is 5.61. The summed E-state index contributed by atoms with van der Waals surface area (Å²) in [6.45, 7) is 2.59. The Morgan fingerprint density at radius 3 is 2.46 bits per heavy atom. The van der Waals surface area contributed by atoms with Crippen LogP contribution in [0.5, 0.6) is 0 Å². The molecule has 0 aromatic heterocycles. The first-order valence-electron chi connectivity index (χ1n) is 5.61. The van der Waals surface area contributed by atoms with E-state index in [4.69, 9.17) is 0 Å². The molecule has 2 bridgehead atoms. The second-order valence-electron chi connectivity index (χ2n) is 4.91. The van der Waals surface area contributed by atoms with E-state index < -0.39 is 0 Å². The Labute approximate surface area is 79.3 Å². The summed E-state index contributed by atoms with van der Waals surface area (Å²) in [7, 11) is 0. The summed E-state index contributed by atoms with van der Waals surface area (Å²) in [5, 5.41) is 0. The third-order valence-corrected chi connectivity index (χ3v) is 4.19. The van der Waals surface area contributed by atoms with Gasteiger partial charge in [-0.05, 0) is 44.7 Å². The molecule has 0 radical (unpaired) electrons. The Morgan fingerprint density at radius 1 is 1.15 bits per heavy atom. The second-order valence-corrected chi connectivity index (χ2v) is 4.91. The fourth-order valence-corrected chi connectivity index (χ4v) is 3.53. The number of carbonyl (C=O) groups excluding carboxylic acids is 1. The summed E-state index contributed by atoms with van der Waals surface area (Å²) in [6.07, 6.45) is 6.04. The lowest BCUT2D eigenvalue weighted by Gasteiger charge is -2.30. The van der Waals surface area contributed by atoms with Crippen LogP contribution in [0, 0.1) is 11.8 Å². The summed E-state index contributed by atoms with van der Waals surface area (Å²) >= 11 is 0. The summed E-state index contributed by atoms with van der Waals surface area (Å²) in [5.74, 6) is 1.74. The first-order chi connectivity index (χ1) is 6.34. The van der Waals surface area contributed by atoms with Crippen LogP contribution in [0.4, 0.5) is 0 Å². The number of fused-ring (bicyclic) bond motifs is 2. The van der Waals surface area contributed by atoms with Crippen LogP contribution < -0.4 is 0 Å². The zero-order valence-corrected chi connectivity index (χ0v) is 8.04. The number of hydrogen-bond acceptors (Lipinski definition) is 2. The molecule has 3 rings (SSSR count). The van der Waals surface area contributed by atoms with Gasteiger partial charge >= 0.3 is 0 Å². The van der Waals surface area contributed by atoms with Crippen molar-refractivity contribution in [3.8, 4) is 0 Å². The molecule has 1 saturated heterocycles. The third-order valence-electron chi connectivity index (χ3n) is 4.19. The van der Waals surface area contributed by atoms with Gasteiger partial charge in [-0.15, -0.1) is 0 Å². The van der Waals surface area contributed by atoms with Crippen LogP contribution in [0.2, 0.25) is 0 Å². The molecule has 72 valence electrons. The first kappa shape index (κ1) is 7.98. The van der Waals surface area contributed by atoms with Gasteiger partial charge < -0.3 is 4.90 Å².